The molecule has 4 rings (SSSR count). The Hall–Kier alpha value is -3.85. The fraction of sp³-hybridized carbons (Fsp3) is 0.515. The van der Waals surface area contributed by atoms with Crippen LogP contribution in [0.5, 0.6) is 5.75 Å². The van der Waals surface area contributed by atoms with Gasteiger partial charge in [-0.25, -0.2) is 9.55 Å². The number of ether oxygens (including phenoxy) is 4. The summed E-state index contributed by atoms with van der Waals surface area (Å²) < 4.78 is 52.3. The Kier molecular flexibility index (Phi) is 11.9. The van der Waals surface area contributed by atoms with Crippen molar-refractivity contribution in [2.24, 2.45) is 0 Å². The molecule has 0 aliphatic heterocycles. The summed E-state index contributed by atoms with van der Waals surface area (Å²) >= 11 is 0. The van der Waals surface area contributed by atoms with E-state index in [0.29, 0.717) is 12.0 Å². The van der Waals surface area contributed by atoms with Gasteiger partial charge in [0.05, 0.1) is 19.0 Å². The van der Waals surface area contributed by atoms with E-state index in [9.17, 15) is 14.2 Å². The van der Waals surface area contributed by atoms with Crippen molar-refractivity contribution in [3.05, 3.63) is 59.1 Å². The van der Waals surface area contributed by atoms with Gasteiger partial charge in [0.25, 0.3) is 5.56 Å². The van der Waals surface area contributed by atoms with Gasteiger partial charge < -0.3 is 29.2 Å². The first-order valence-electron chi connectivity index (χ1n) is 16.0. The standard InChI is InChI=1S/C33H47N6O9P/c1-10-43-33(8,9)46-21(3)26(45-22(4)39-19-35-27-28(39)36-31(34)37-29(27)40)18-44-49(42,38-20(2)30(41)47-32(5,6)7)48-25-17-13-15-23-14-11-12-16-24(23)25/h11-17,19-22,26H,10,18H2,1-9H3,(H,38,42)(H3,34,36,37,40)/t20-,21+,22+,26+,49?/m0/s1. The predicted molar refractivity (Wildman–Crippen MR) is 185 cm³/mol. The zero-order valence-corrected chi connectivity index (χ0v) is 30.3. The first-order valence-corrected chi connectivity index (χ1v) is 17.6. The third-order valence-electron chi connectivity index (χ3n) is 7.19. The summed E-state index contributed by atoms with van der Waals surface area (Å²) in [5.74, 6) is -1.48. The van der Waals surface area contributed by atoms with E-state index in [1.54, 1.807) is 60.6 Å². The Labute approximate surface area is 285 Å². The molecular weight excluding hydrogens is 655 g/mol. The molecule has 49 heavy (non-hydrogen) atoms. The zero-order chi connectivity index (χ0) is 36.1. The van der Waals surface area contributed by atoms with Crippen LogP contribution in [0.4, 0.5) is 5.95 Å². The number of carbonyl (C=O) groups excluding carboxylic acids is 1. The number of imidazole rings is 1. The Morgan fingerprint density at radius 2 is 1.78 bits per heavy atom. The summed E-state index contributed by atoms with van der Waals surface area (Å²) in [7, 11) is -4.35. The molecule has 0 aliphatic carbocycles. The van der Waals surface area contributed by atoms with Gasteiger partial charge in [-0.05, 0) is 73.8 Å². The number of aromatic nitrogens is 4. The van der Waals surface area contributed by atoms with Crippen molar-refractivity contribution >= 4 is 41.6 Å². The average molecular weight is 703 g/mol. The number of carbonyl (C=O) groups is 1. The number of rotatable bonds is 16. The van der Waals surface area contributed by atoms with Crippen LogP contribution in [-0.4, -0.2) is 68.3 Å². The highest BCUT2D eigenvalue weighted by Crippen LogP contribution is 2.47. The number of benzene rings is 2. The van der Waals surface area contributed by atoms with E-state index in [1.165, 1.54) is 17.8 Å². The van der Waals surface area contributed by atoms with Crippen molar-refractivity contribution in [1.82, 2.24) is 24.6 Å². The van der Waals surface area contributed by atoms with Gasteiger partial charge in [-0.1, -0.05) is 36.4 Å². The van der Waals surface area contributed by atoms with E-state index in [4.69, 9.17) is 33.7 Å². The molecule has 0 saturated carbocycles. The van der Waals surface area contributed by atoms with Crippen molar-refractivity contribution < 1.29 is 37.4 Å². The number of nitrogens with one attached hydrogen (secondary N) is 2. The van der Waals surface area contributed by atoms with E-state index >= 15 is 0 Å². The molecule has 0 fully saturated rings. The molecule has 2 aromatic heterocycles. The molecule has 0 aliphatic rings. The average Bonchev–Trinajstić information content (AvgIpc) is 3.42. The van der Waals surface area contributed by atoms with E-state index in [-0.39, 0.29) is 29.5 Å². The number of anilines is 1. The zero-order valence-electron chi connectivity index (χ0n) is 29.4. The molecule has 2 heterocycles. The van der Waals surface area contributed by atoms with Crippen molar-refractivity contribution in [1.29, 1.82) is 0 Å². The first-order chi connectivity index (χ1) is 22.9. The number of nitrogen functional groups attached to an aromatic ring is 1. The summed E-state index contributed by atoms with van der Waals surface area (Å²) in [5.41, 5.74) is 4.79. The van der Waals surface area contributed by atoms with Gasteiger partial charge in [0.2, 0.25) is 5.95 Å². The third-order valence-corrected chi connectivity index (χ3v) is 8.82. The normalized spacial score (nSPS) is 16.2. The molecule has 16 heteroatoms. The van der Waals surface area contributed by atoms with Crippen LogP contribution in [0.25, 0.3) is 21.9 Å². The second-order valence-electron chi connectivity index (χ2n) is 13.0. The quantitative estimate of drug-likeness (QED) is 0.0758. The Morgan fingerprint density at radius 1 is 1.08 bits per heavy atom. The molecule has 0 bridgehead atoms. The van der Waals surface area contributed by atoms with Crippen molar-refractivity contribution in [3.8, 4) is 5.75 Å². The molecule has 4 aromatic rings. The van der Waals surface area contributed by atoms with Gasteiger partial charge in [-0.2, -0.15) is 10.1 Å². The highest BCUT2D eigenvalue weighted by atomic mass is 31.2. The second-order valence-corrected chi connectivity index (χ2v) is 14.6. The minimum atomic E-state index is -4.35. The monoisotopic (exact) mass is 702 g/mol. The van der Waals surface area contributed by atoms with Gasteiger partial charge >= 0.3 is 13.7 Å². The van der Waals surface area contributed by atoms with Gasteiger partial charge in [0.1, 0.15) is 29.7 Å². The number of hydrogen-bond acceptors (Lipinski definition) is 12. The summed E-state index contributed by atoms with van der Waals surface area (Å²) in [4.78, 5) is 36.2. The number of hydrogen-bond donors (Lipinski definition) is 3. The molecule has 15 nitrogen and oxygen atoms in total. The lowest BCUT2D eigenvalue weighted by atomic mass is 10.1. The molecule has 0 saturated heterocycles. The first kappa shape index (κ1) is 38.0. The number of nitrogens with zero attached hydrogens (tertiary/aromatic N) is 3. The fourth-order valence-electron chi connectivity index (χ4n) is 5.06. The van der Waals surface area contributed by atoms with Gasteiger partial charge in [0.15, 0.2) is 17.0 Å². The maximum absolute atomic E-state index is 14.6. The molecule has 0 radical (unpaired) electrons. The molecular formula is C33H47N6O9P. The Bertz CT molecular complexity index is 1850. The SMILES string of the molecule is CCOC(C)(C)O[C@H](C)[C@@H](COP(=O)(N[C@@H](C)C(=O)OC(C)(C)C)Oc1cccc2ccccc12)O[C@H](C)n1cnc2c(=O)[nH]c(N)nc21. The van der Waals surface area contributed by atoms with E-state index in [1.807, 2.05) is 37.3 Å². The minimum absolute atomic E-state index is 0.0764. The van der Waals surface area contributed by atoms with Crippen molar-refractivity contribution in [2.45, 2.75) is 98.2 Å². The smallest absolute Gasteiger partial charge is 0.459 e. The van der Waals surface area contributed by atoms with Gasteiger partial charge in [0, 0.05) is 12.0 Å². The highest BCUT2D eigenvalue weighted by Gasteiger charge is 2.37. The predicted octanol–water partition coefficient (Wildman–Crippen LogP) is 5.46. The molecule has 0 spiro atoms. The fourth-order valence-corrected chi connectivity index (χ4v) is 6.59. The van der Waals surface area contributed by atoms with Crippen LogP contribution in [0.15, 0.2) is 53.6 Å². The van der Waals surface area contributed by atoms with E-state index < -0.39 is 55.1 Å². The lowest BCUT2D eigenvalue weighted by Crippen LogP contribution is -2.43. The van der Waals surface area contributed by atoms with Crippen LogP contribution in [-0.2, 0) is 32.8 Å². The number of aromatic amines is 1. The number of nitrogens with two attached hydrogens (primary N) is 1. The molecule has 4 N–H and O–H groups in total. The van der Waals surface area contributed by atoms with Crippen LogP contribution in [0.1, 0.15) is 68.5 Å². The number of fused-ring (bicyclic) bond motifs is 2. The molecule has 5 atom stereocenters. The summed E-state index contributed by atoms with van der Waals surface area (Å²) in [6.07, 6.45) is -1.02. The number of esters is 1. The lowest BCUT2D eigenvalue weighted by molar-refractivity contribution is -0.257. The number of H-pyrrole nitrogens is 1. The van der Waals surface area contributed by atoms with Crippen LogP contribution in [0, 0.1) is 0 Å². The van der Waals surface area contributed by atoms with E-state index in [0.717, 1.165) is 5.39 Å². The van der Waals surface area contributed by atoms with Crippen LogP contribution < -0.4 is 20.9 Å². The maximum Gasteiger partial charge on any atom is 0.459 e. The molecule has 1 unspecified atom stereocenters. The van der Waals surface area contributed by atoms with Crippen LogP contribution in [0.3, 0.4) is 0 Å². The molecule has 2 aromatic carbocycles. The van der Waals surface area contributed by atoms with Gasteiger partial charge in [-0.15, -0.1) is 0 Å². The highest BCUT2D eigenvalue weighted by molar-refractivity contribution is 7.52. The Balaban J connectivity index is 1.67. The lowest BCUT2D eigenvalue weighted by Gasteiger charge is -2.34. The van der Waals surface area contributed by atoms with Crippen molar-refractivity contribution in [3.63, 3.8) is 0 Å². The van der Waals surface area contributed by atoms with Crippen molar-refractivity contribution in [2.75, 3.05) is 18.9 Å². The summed E-state index contributed by atoms with van der Waals surface area (Å²) in [6, 6.07) is 11.7. The topological polar surface area (TPSA) is 191 Å². The molecule has 0 amide bonds. The van der Waals surface area contributed by atoms with Crippen LogP contribution in [0.2, 0.25) is 0 Å². The third kappa shape index (κ3) is 10.1. The van der Waals surface area contributed by atoms with Gasteiger partial charge in [-0.3, -0.25) is 23.7 Å². The molecule has 268 valence electrons. The maximum atomic E-state index is 14.6. The van der Waals surface area contributed by atoms with E-state index in [2.05, 4.69) is 20.0 Å². The largest absolute Gasteiger partial charge is 0.459 e. The Morgan fingerprint density at radius 3 is 2.47 bits per heavy atom. The summed E-state index contributed by atoms with van der Waals surface area (Å²) in [5, 5.41) is 4.28. The van der Waals surface area contributed by atoms with Crippen LogP contribution >= 0.6 is 7.75 Å². The summed E-state index contributed by atoms with van der Waals surface area (Å²) in [6.45, 7) is 15.6. The second kappa shape index (κ2) is 15.4. The minimum Gasteiger partial charge on any atom is -0.459 e.